The molecule has 0 amide bonds. The van der Waals surface area contributed by atoms with Crippen LogP contribution in [0.3, 0.4) is 0 Å². The van der Waals surface area contributed by atoms with Crippen molar-refractivity contribution >= 4 is 19.8 Å². The molecule has 0 rings (SSSR count). The van der Waals surface area contributed by atoms with Gasteiger partial charge in [0.25, 0.3) is 0 Å². The summed E-state index contributed by atoms with van der Waals surface area (Å²) in [5.74, 6) is -0.823. The molecular formula is C86H143NO8P+. The topological polar surface area (TPSA) is 108 Å². The molecule has 0 aliphatic carbocycles. The third-order valence-electron chi connectivity index (χ3n) is 15.9. The first-order chi connectivity index (χ1) is 47.0. The molecule has 0 saturated carbocycles. The number of ether oxygens (including phenoxy) is 2. The number of nitrogens with zero attached hydrogens (tertiary/aromatic N) is 1. The first kappa shape index (κ1) is 91.1. The average molecular weight is 1350 g/mol. The van der Waals surface area contributed by atoms with Crippen molar-refractivity contribution in [2.45, 2.75) is 302 Å². The van der Waals surface area contributed by atoms with E-state index in [2.05, 4.69) is 196 Å². The maximum absolute atomic E-state index is 12.9. The summed E-state index contributed by atoms with van der Waals surface area (Å²) >= 11 is 0. The van der Waals surface area contributed by atoms with E-state index < -0.39 is 26.5 Å². The quantitative estimate of drug-likeness (QED) is 0.0211. The Morgan fingerprint density at radius 2 is 0.562 bits per heavy atom. The van der Waals surface area contributed by atoms with Crippen molar-refractivity contribution in [3.63, 3.8) is 0 Å². The molecule has 0 aliphatic rings. The van der Waals surface area contributed by atoms with Gasteiger partial charge in [0.15, 0.2) is 6.10 Å². The Kier molecular flexibility index (Phi) is 70.5. The smallest absolute Gasteiger partial charge is 0.462 e. The highest BCUT2D eigenvalue weighted by atomic mass is 31.2. The van der Waals surface area contributed by atoms with E-state index in [1.165, 1.54) is 116 Å². The lowest BCUT2D eigenvalue weighted by Crippen LogP contribution is -2.37. The van der Waals surface area contributed by atoms with Crippen LogP contribution in [-0.4, -0.2) is 74.9 Å². The van der Waals surface area contributed by atoms with Gasteiger partial charge in [0.1, 0.15) is 19.8 Å². The number of carbonyl (C=O) groups is 2. The Hall–Kier alpha value is -4.89. The Labute approximate surface area is 591 Å². The van der Waals surface area contributed by atoms with Crippen molar-refractivity contribution in [1.82, 2.24) is 0 Å². The lowest BCUT2D eigenvalue weighted by Gasteiger charge is -2.24. The molecule has 0 aromatic carbocycles. The molecule has 0 fully saturated rings. The number of carbonyl (C=O) groups excluding carboxylic acids is 2. The molecule has 2 atom stereocenters. The summed E-state index contributed by atoms with van der Waals surface area (Å²) in [6.07, 6.45) is 114. The summed E-state index contributed by atoms with van der Waals surface area (Å²) in [6.45, 7) is 4.18. The Morgan fingerprint density at radius 1 is 0.323 bits per heavy atom. The highest BCUT2D eigenvalue weighted by molar-refractivity contribution is 7.47. The second-order valence-corrected chi connectivity index (χ2v) is 27.7. The zero-order valence-electron chi connectivity index (χ0n) is 62.0. The predicted molar refractivity (Wildman–Crippen MR) is 417 cm³/mol. The minimum atomic E-state index is -4.41. The summed E-state index contributed by atoms with van der Waals surface area (Å²) in [7, 11) is 1.45. The van der Waals surface area contributed by atoms with Gasteiger partial charge in [-0.25, -0.2) is 4.57 Å². The summed E-state index contributed by atoms with van der Waals surface area (Å²) in [4.78, 5) is 36.0. The van der Waals surface area contributed by atoms with E-state index >= 15 is 0 Å². The minimum absolute atomic E-state index is 0.0198. The SMILES string of the molecule is CC/C=C\C/C=C\C/C=C\C/C=C\C/C=C\C/C=C\C/C=C\C/C=C\C/C=C\CCCCCCCC(=O)OC(COC(=O)CCCCCCCCCCCCCCCCCCCCCC/C=C\C/C=C\C/C=C\C/C=C\C/C=C\C/C=C\CC)COP(=O)(O)OCC[N+](C)(C)C. The molecule has 0 bridgehead atoms. The number of hydrogen-bond donors (Lipinski definition) is 1. The Balaban J connectivity index is 4.06. The van der Waals surface area contributed by atoms with Gasteiger partial charge >= 0.3 is 19.8 Å². The predicted octanol–water partition coefficient (Wildman–Crippen LogP) is 25.8. The largest absolute Gasteiger partial charge is 0.472 e. The van der Waals surface area contributed by atoms with Gasteiger partial charge in [-0.3, -0.25) is 18.6 Å². The van der Waals surface area contributed by atoms with Crippen molar-refractivity contribution < 1.29 is 42.1 Å². The molecule has 0 spiro atoms. The van der Waals surface area contributed by atoms with E-state index in [9.17, 15) is 19.0 Å². The third-order valence-corrected chi connectivity index (χ3v) is 16.9. The normalized spacial score (nSPS) is 14.1. The Morgan fingerprint density at radius 3 is 0.833 bits per heavy atom. The number of allylic oxidation sites excluding steroid dienone is 30. The molecule has 0 heterocycles. The minimum Gasteiger partial charge on any atom is -0.462 e. The van der Waals surface area contributed by atoms with E-state index in [-0.39, 0.29) is 32.0 Å². The zero-order chi connectivity index (χ0) is 69.7. The number of quaternary nitrogens is 1. The molecule has 0 aliphatic heterocycles. The van der Waals surface area contributed by atoms with Crippen LogP contribution in [0.15, 0.2) is 182 Å². The van der Waals surface area contributed by atoms with E-state index in [1.54, 1.807) is 0 Å². The fourth-order valence-corrected chi connectivity index (χ4v) is 10.9. The second-order valence-electron chi connectivity index (χ2n) is 26.3. The second kappa shape index (κ2) is 74.3. The van der Waals surface area contributed by atoms with Crippen LogP contribution in [0, 0.1) is 0 Å². The average Bonchev–Trinajstić information content (AvgIpc) is 1.48. The number of esters is 2. The summed E-state index contributed by atoms with van der Waals surface area (Å²) < 4.78 is 34.8. The van der Waals surface area contributed by atoms with E-state index in [0.717, 1.165) is 148 Å². The lowest BCUT2D eigenvalue weighted by molar-refractivity contribution is -0.870. The molecule has 0 radical (unpaired) electrons. The molecule has 544 valence electrons. The third kappa shape index (κ3) is 78.1. The van der Waals surface area contributed by atoms with Gasteiger partial charge in [0.05, 0.1) is 27.7 Å². The summed E-state index contributed by atoms with van der Waals surface area (Å²) in [6, 6.07) is 0. The monoisotopic (exact) mass is 1350 g/mol. The van der Waals surface area contributed by atoms with Crippen LogP contribution in [0.5, 0.6) is 0 Å². The van der Waals surface area contributed by atoms with Crippen molar-refractivity contribution in [1.29, 1.82) is 0 Å². The standard InChI is InChI=1S/C86H142NO8P/c1-6-8-10-12-14-16-18-20-22-24-26-28-30-32-34-36-38-40-41-42-43-44-45-47-48-50-52-54-56-58-60-62-64-66-68-70-72-74-76-78-85(88)92-82-84(83-94-96(90,91)93-81-80-87(3,4)5)95-86(89)79-77-75-73-71-69-67-65-63-61-59-57-55-53-51-49-46-39-37-35-33-31-29-27-25-23-21-19-17-15-13-11-9-7-2/h8-11,14-17,20-23,26-29,32-35,38-40,46,51,53,57,59,63,65,84H,6-7,12-13,18-19,24-25,30-31,36-37,41-45,47-50,52,54-56,58,60-62,64,66-83H2,1-5H3/p+1/b10-8-,11-9-,16-14-,17-15-,22-20-,23-21-,28-26-,29-27-,34-32-,35-33-,40-38-,46-39-,53-51-,59-57-,65-63-. The lowest BCUT2D eigenvalue weighted by atomic mass is 10.0. The number of rotatable bonds is 69. The maximum Gasteiger partial charge on any atom is 0.472 e. The highest BCUT2D eigenvalue weighted by Gasteiger charge is 2.27. The van der Waals surface area contributed by atoms with Crippen molar-refractivity contribution in [2.75, 3.05) is 47.5 Å². The van der Waals surface area contributed by atoms with Gasteiger partial charge in [-0.05, 0) is 135 Å². The van der Waals surface area contributed by atoms with Crippen molar-refractivity contribution in [3.8, 4) is 0 Å². The van der Waals surface area contributed by atoms with Gasteiger partial charge < -0.3 is 18.9 Å². The molecule has 1 N–H and O–H groups in total. The maximum atomic E-state index is 12.9. The number of hydrogen-bond acceptors (Lipinski definition) is 7. The van der Waals surface area contributed by atoms with Crippen molar-refractivity contribution in [3.05, 3.63) is 182 Å². The molecule has 2 unspecified atom stereocenters. The number of likely N-dealkylation sites (N-methyl/N-ethyl adjacent to an activating group) is 1. The number of phosphoric ester groups is 1. The number of unbranched alkanes of at least 4 members (excludes halogenated alkanes) is 25. The summed E-state index contributed by atoms with van der Waals surface area (Å²) in [5, 5.41) is 0. The number of phosphoric acid groups is 1. The zero-order valence-corrected chi connectivity index (χ0v) is 62.9. The van der Waals surface area contributed by atoms with Gasteiger partial charge in [-0.1, -0.05) is 331 Å². The van der Waals surface area contributed by atoms with E-state index in [4.69, 9.17) is 18.5 Å². The molecule has 0 aromatic rings. The Bertz CT molecular complexity index is 2280. The van der Waals surface area contributed by atoms with Gasteiger partial charge in [0, 0.05) is 12.8 Å². The molecule has 0 aromatic heterocycles. The first-order valence-electron chi connectivity index (χ1n) is 38.5. The molecule has 96 heavy (non-hydrogen) atoms. The molecule has 9 nitrogen and oxygen atoms in total. The molecule has 10 heteroatoms. The van der Waals surface area contributed by atoms with E-state index in [0.29, 0.717) is 17.4 Å². The van der Waals surface area contributed by atoms with Crippen LogP contribution in [0.2, 0.25) is 0 Å². The van der Waals surface area contributed by atoms with Gasteiger partial charge in [0.2, 0.25) is 0 Å². The van der Waals surface area contributed by atoms with Gasteiger partial charge in [-0.15, -0.1) is 0 Å². The van der Waals surface area contributed by atoms with Gasteiger partial charge in [-0.2, -0.15) is 0 Å². The molecular weight excluding hydrogens is 1210 g/mol. The molecule has 0 saturated heterocycles. The highest BCUT2D eigenvalue weighted by Crippen LogP contribution is 2.43. The van der Waals surface area contributed by atoms with Crippen molar-refractivity contribution in [2.24, 2.45) is 0 Å². The van der Waals surface area contributed by atoms with Crippen LogP contribution in [-0.2, 0) is 32.7 Å². The summed E-state index contributed by atoms with van der Waals surface area (Å²) in [5.41, 5.74) is 0. The van der Waals surface area contributed by atoms with Crippen LogP contribution in [0.25, 0.3) is 0 Å². The van der Waals surface area contributed by atoms with Crippen LogP contribution >= 0.6 is 7.82 Å². The fourth-order valence-electron chi connectivity index (χ4n) is 10.1. The van der Waals surface area contributed by atoms with Crippen LogP contribution in [0.4, 0.5) is 0 Å². The fraction of sp³-hybridized carbons (Fsp3) is 0.628. The van der Waals surface area contributed by atoms with Crippen LogP contribution in [0.1, 0.15) is 296 Å². The van der Waals surface area contributed by atoms with E-state index in [1.807, 2.05) is 21.1 Å². The van der Waals surface area contributed by atoms with Crippen LogP contribution < -0.4 is 0 Å². The first-order valence-corrected chi connectivity index (χ1v) is 40.0.